The van der Waals surface area contributed by atoms with Gasteiger partial charge in [0.15, 0.2) is 0 Å². The fourth-order valence-corrected chi connectivity index (χ4v) is 9.35. The number of carbonyl (C=O) groups is 1. The lowest BCUT2D eigenvalue weighted by Crippen LogP contribution is -2.12. The maximum atomic E-state index is 11.0. The van der Waals surface area contributed by atoms with Crippen LogP contribution in [0.5, 0.6) is 0 Å². The molecular weight excluding hydrogens is 431 g/mol. The van der Waals surface area contributed by atoms with Gasteiger partial charge in [0, 0.05) is 7.26 Å². The van der Waals surface area contributed by atoms with Gasteiger partial charge in [-0.3, -0.25) is 0 Å². The minimum absolute atomic E-state index is 0.0319. The van der Waals surface area contributed by atoms with Crippen LogP contribution in [0.2, 0.25) is 0 Å². The Balaban J connectivity index is 0.000000590. The molecule has 1 rings (SSSR count). The van der Waals surface area contributed by atoms with Crippen molar-refractivity contribution in [1.82, 2.24) is 0 Å². The van der Waals surface area contributed by atoms with Crippen molar-refractivity contribution in [2.75, 3.05) is 31.8 Å². The average Bonchev–Trinajstić information content (AvgIpc) is 2.77. The van der Waals surface area contributed by atoms with Gasteiger partial charge in [0.25, 0.3) is 0 Å². The maximum Gasteiger partial charge on any atom is 0.337 e. The van der Waals surface area contributed by atoms with E-state index in [4.69, 9.17) is 0 Å². The van der Waals surface area contributed by atoms with E-state index >= 15 is 0 Å². The molecule has 31 heavy (non-hydrogen) atoms. The first-order chi connectivity index (χ1) is 14.7. The first kappa shape index (κ1) is 30.0. The normalized spacial score (nSPS) is 11.5. The number of hydrogen-bond acceptors (Lipinski definition) is 5. The molecule has 1 aromatic carbocycles. The van der Waals surface area contributed by atoms with E-state index in [0.717, 1.165) is 12.1 Å². The van der Waals surface area contributed by atoms with E-state index in [9.17, 15) is 17.8 Å². The third-order valence-corrected chi connectivity index (χ3v) is 11.4. The molecule has 0 unspecified atom stereocenters. The van der Waals surface area contributed by atoms with Crippen molar-refractivity contribution in [1.29, 1.82) is 0 Å². The summed E-state index contributed by atoms with van der Waals surface area (Å²) in [5.41, 5.74) is 0.0319. The molecule has 0 spiro atoms. The van der Waals surface area contributed by atoms with E-state index in [1.54, 1.807) is 24.6 Å². The summed E-state index contributed by atoms with van der Waals surface area (Å²) in [6.07, 6.45) is 17.9. The number of unbranched alkanes of at least 4 members (excludes halogenated alkanes) is 4. The highest BCUT2D eigenvalue weighted by atomic mass is 32.2. The lowest BCUT2D eigenvalue weighted by Gasteiger charge is -2.28. The number of esters is 1. The van der Waals surface area contributed by atoms with Crippen molar-refractivity contribution >= 4 is 23.3 Å². The Hall–Kier alpha value is -0.970. The highest BCUT2D eigenvalue weighted by molar-refractivity contribution is 7.85. The fourth-order valence-electron chi connectivity index (χ4n) is 3.54. The van der Waals surface area contributed by atoms with Gasteiger partial charge in [0.05, 0.1) is 42.2 Å². The van der Waals surface area contributed by atoms with E-state index in [-0.39, 0.29) is 5.56 Å². The minimum Gasteiger partial charge on any atom is -0.744 e. The average molecular weight is 475 g/mol. The highest BCUT2D eigenvalue weighted by Gasteiger charge is 2.34. The van der Waals surface area contributed by atoms with Crippen LogP contribution in [0.3, 0.4) is 0 Å². The Kier molecular flexibility index (Phi) is 16.1. The summed E-state index contributed by atoms with van der Waals surface area (Å²) in [5.74, 6) is -0.685. The van der Waals surface area contributed by atoms with E-state index in [1.165, 1.54) is 70.6 Å². The van der Waals surface area contributed by atoms with Crippen molar-refractivity contribution in [3.63, 3.8) is 0 Å². The monoisotopic (exact) mass is 474 g/mol. The third kappa shape index (κ3) is 12.6. The maximum absolute atomic E-state index is 11.0. The molecule has 0 N–H and O–H groups in total. The predicted molar refractivity (Wildman–Crippen MR) is 132 cm³/mol. The molecule has 0 aliphatic heterocycles. The zero-order chi connectivity index (χ0) is 23.8. The highest BCUT2D eigenvalue weighted by Crippen LogP contribution is 2.61. The molecule has 0 bridgehead atoms. The van der Waals surface area contributed by atoms with Crippen LogP contribution in [0.1, 0.15) is 89.4 Å². The van der Waals surface area contributed by atoms with Gasteiger partial charge >= 0.3 is 5.97 Å². The van der Waals surface area contributed by atoms with Gasteiger partial charge in [-0.25, -0.2) is 13.2 Å². The van der Waals surface area contributed by atoms with E-state index in [2.05, 4.69) is 32.4 Å². The van der Waals surface area contributed by atoms with E-state index in [0.29, 0.717) is 0 Å². The van der Waals surface area contributed by atoms with Crippen molar-refractivity contribution in [2.45, 2.75) is 84.0 Å². The van der Waals surface area contributed by atoms with Crippen LogP contribution >= 0.6 is 7.26 Å². The van der Waals surface area contributed by atoms with Crippen LogP contribution in [0.4, 0.5) is 0 Å². The Labute approximate surface area is 191 Å². The zero-order valence-electron chi connectivity index (χ0n) is 20.2. The summed E-state index contributed by atoms with van der Waals surface area (Å²) in [5, 5.41) is 0. The van der Waals surface area contributed by atoms with Crippen LogP contribution in [0.25, 0.3) is 0 Å². The molecule has 0 saturated carbocycles. The molecular formula is C24H43O5PS. The molecule has 0 amide bonds. The second-order valence-electron chi connectivity index (χ2n) is 8.12. The lowest BCUT2D eigenvalue weighted by atomic mass is 10.2. The minimum atomic E-state index is -4.52. The molecule has 0 saturated heterocycles. The summed E-state index contributed by atoms with van der Waals surface area (Å²) in [4.78, 5) is 10.5. The fraction of sp³-hybridized carbons (Fsp3) is 0.708. The smallest absolute Gasteiger partial charge is 0.337 e. The number of rotatable bonds is 14. The Bertz CT molecular complexity index is 681. The van der Waals surface area contributed by atoms with Gasteiger partial charge in [-0.15, -0.1) is 0 Å². The van der Waals surface area contributed by atoms with Gasteiger partial charge in [-0.1, -0.05) is 59.4 Å². The summed E-state index contributed by atoms with van der Waals surface area (Å²) in [7, 11) is -3.92. The molecule has 0 aliphatic carbocycles. The van der Waals surface area contributed by atoms with Crippen molar-refractivity contribution < 1.29 is 22.5 Å². The van der Waals surface area contributed by atoms with E-state index in [1.807, 2.05) is 0 Å². The zero-order valence-corrected chi connectivity index (χ0v) is 21.9. The molecule has 0 aliphatic rings. The van der Waals surface area contributed by atoms with E-state index < -0.39 is 28.2 Å². The first-order valence-electron chi connectivity index (χ1n) is 11.7. The third-order valence-electron chi connectivity index (χ3n) is 5.49. The SMILES string of the molecule is CCCC[P+](CCCC)(CCCC)CCCC.COC(=O)c1cccc(S(=O)(=O)[O-])c1. The quantitative estimate of drug-likeness (QED) is 0.173. The molecule has 7 heteroatoms. The summed E-state index contributed by atoms with van der Waals surface area (Å²) in [6, 6.07) is 4.76. The summed E-state index contributed by atoms with van der Waals surface area (Å²) < 4.78 is 36.1. The second-order valence-corrected chi connectivity index (χ2v) is 14.0. The van der Waals surface area contributed by atoms with Crippen LogP contribution in [-0.2, 0) is 14.9 Å². The summed E-state index contributed by atoms with van der Waals surface area (Å²) >= 11 is 0. The number of benzene rings is 1. The van der Waals surface area contributed by atoms with Crippen LogP contribution in [0.15, 0.2) is 29.2 Å². The molecule has 180 valence electrons. The number of methoxy groups -OCH3 is 1. The van der Waals surface area contributed by atoms with Crippen LogP contribution < -0.4 is 0 Å². The largest absolute Gasteiger partial charge is 0.744 e. The number of hydrogen-bond donors (Lipinski definition) is 0. The lowest BCUT2D eigenvalue weighted by molar-refractivity contribution is 0.0600. The van der Waals surface area contributed by atoms with Crippen LogP contribution in [-0.4, -0.2) is 50.7 Å². The molecule has 0 fully saturated rings. The second kappa shape index (κ2) is 16.6. The molecule has 0 atom stereocenters. The molecule has 0 radical (unpaired) electrons. The van der Waals surface area contributed by atoms with Crippen molar-refractivity contribution in [2.24, 2.45) is 0 Å². The van der Waals surface area contributed by atoms with Crippen molar-refractivity contribution in [3.05, 3.63) is 29.8 Å². The Morgan fingerprint density at radius 3 is 1.61 bits per heavy atom. The van der Waals surface area contributed by atoms with Gasteiger partial charge < -0.3 is 9.29 Å². The van der Waals surface area contributed by atoms with Gasteiger partial charge in [-0.2, -0.15) is 0 Å². The molecule has 0 heterocycles. The number of ether oxygens (including phenoxy) is 1. The predicted octanol–water partition coefficient (Wildman–Crippen LogP) is 6.58. The molecule has 5 nitrogen and oxygen atoms in total. The molecule has 0 aromatic heterocycles. The van der Waals surface area contributed by atoms with Crippen molar-refractivity contribution in [3.8, 4) is 0 Å². The molecule has 1 aromatic rings. The van der Waals surface area contributed by atoms with Crippen LogP contribution in [0, 0.1) is 0 Å². The van der Waals surface area contributed by atoms with Gasteiger partial charge in [-0.05, 0) is 43.9 Å². The Morgan fingerprint density at radius 1 is 0.871 bits per heavy atom. The Morgan fingerprint density at radius 2 is 1.29 bits per heavy atom. The standard InChI is InChI=1S/C16H36P.C8H8O5S/c1-5-9-13-17(14-10-6-2,15-11-7-3)16-12-8-4;1-13-8(9)6-3-2-4-7(5-6)14(10,11)12/h5-16H2,1-4H3;2-5H,1H3,(H,10,11,12)/q+1;/p-1. The van der Waals surface area contributed by atoms with Gasteiger partial charge in [0.2, 0.25) is 0 Å². The first-order valence-corrected chi connectivity index (χ1v) is 15.6. The number of carbonyl (C=O) groups excluding carboxylic acids is 1. The van der Waals surface area contributed by atoms with Gasteiger partial charge in [0.1, 0.15) is 10.1 Å². The summed E-state index contributed by atoms with van der Waals surface area (Å²) in [6.45, 7) is 9.42. The topological polar surface area (TPSA) is 83.5 Å².